The van der Waals surface area contributed by atoms with Crippen LogP contribution in [0.5, 0.6) is 0 Å². The van der Waals surface area contributed by atoms with Gasteiger partial charge in [-0.2, -0.15) is 0 Å². The van der Waals surface area contributed by atoms with Crippen molar-refractivity contribution in [2.24, 2.45) is 17.8 Å². The van der Waals surface area contributed by atoms with Gasteiger partial charge in [0.05, 0.1) is 0 Å². The highest BCUT2D eigenvalue weighted by atomic mass is 16.1. The Labute approximate surface area is 85.9 Å². The maximum Gasteiger partial charge on any atom is 0.145 e. The maximum absolute atomic E-state index is 10.5. The van der Waals surface area contributed by atoms with Gasteiger partial charge in [-0.25, -0.2) is 0 Å². The summed E-state index contributed by atoms with van der Waals surface area (Å²) in [5.74, 6) is 2.32. The molecule has 0 spiro atoms. The van der Waals surface area contributed by atoms with E-state index in [0.717, 1.165) is 23.7 Å². The Morgan fingerprint density at radius 2 is 2.21 bits per heavy atom. The molecule has 0 aromatic carbocycles. The van der Waals surface area contributed by atoms with Crippen molar-refractivity contribution in [3.63, 3.8) is 0 Å². The molecule has 76 valence electrons. The maximum atomic E-state index is 10.5. The van der Waals surface area contributed by atoms with Gasteiger partial charge in [0.2, 0.25) is 0 Å². The minimum absolute atomic E-state index is 0.675. The highest BCUT2D eigenvalue weighted by Crippen LogP contribution is 2.52. The Morgan fingerprint density at radius 3 is 2.71 bits per heavy atom. The van der Waals surface area contributed by atoms with Crippen LogP contribution in [-0.4, -0.2) is 6.29 Å². The second-order valence-electron chi connectivity index (χ2n) is 4.69. The van der Waals surface area contributed by atoms with Crippen molar-refractivity contribution in [2.45, 2.75) is 33.1 Å². The van der Waals surface area contributed by atoms with Crippen molar-refractivity contribution in [1.29, 1.82) is 0 Å². The van der Waals surface area contributed by atoms with Gasteiger partial charge in [0.1, 0.15) is 6.29 Å². The van der Waals surface area contributed by atoms with Crippen molar-refractivity contribution in [3.8, 4) is 0 Å². The minimum atomic E-state index is 0.675. The van der Waals surface area contributed by atoms with E-state index in [4.69, 9.17) is 0 Å². The average molecular weight is 190 g/mol. The molecule has 3 atom stereocenters. The van der Waals surface area contributed by atoms with Crippen molar-refractivity contribution < 1.29 is 4.79 Å². The Kier molecular flexibility index (Phi) is 2.58. The number of carbonyl (C=O) groups is 1. The molecule has 0 saturated heterocycles. The summed E-state index contributed by atoms with van der Waals surface area (Å²) in [6.07, 6.45) is 9.35. The standard InChI is InChI=1S/C13H18O/c1-3-10-5-13-7-12(10)6-11(13)4-9(2)8-14/h3-4,8,11-13H,5-7H2,1-2H3/b9-4+,10-3-/t11?,12-,13-/m1/s1. The highest BCUT2D eigenvalue weighted by Gasteiger charge is 2.40. The zero-order valence-electron chi connectivity index (χ0n) is 8.99. The molecule has 0 radical (unpaired) electrons. The SMILES string of the molecule is C/C=C1/C[C@@H]2C[C@H]1CC2/C=C(\C)C=O. The Bertz CT molecular complexity index is 298. The van der Waals surface area contributed by atoms with Crippen molar-refractivity contribution in [1.82, 2.24) is 0 Å². The molecule has 2 aliphatic rings. The van der Waals surface area contributed by atoms with Crippen LogP contribution < -0.4 is 0 Å². The number of hydrogen-bond acceptors (Lipinski definition) is 1. The molecule has 0 amide bonds. The first-order valence-corrected chi connectivity index (χ1v) is 5.53. The molecule has 2 aliphatic carbocycles. The lowest BCUT2D eigenvalue weighted by Gasteiger charge is -2.20. The summed E-state index contributed by atoms with van der Waals surface area (Å²) in [6, 6.07) is 0. The summed E-state index contributed by atoms with van der Waals surface area (Å²) >= 11 is 0. The molecular weight excluding hydrogens is 172 g/mol. The quantitative estimate of drug-likeness (QED) is 0.371. The number of hydrogen-bond donors (Lipinski definition) is 0. The van der Waals surface area contributed by atoms with Gasteiger partial charge in [-0.3, -0.25) is 4.79 Å². The average Bonchev–Trinajstić information content (AvgIpc) is 2.75. The monoisotopic (exact) mass is 190 g/mol. The normalized spacial score (nSPS) is 39.4. The molecule has 2 bridgehead atoms. The molecule has 0 N–H and O–H groups in total. The van der Waals surface area contributed by atoms with Crippen LogP contribution in [0.4, 0.5) is 0 Å². The summed E-state index contributed by atoms with van der Waals surface area (Å²) < 4.78 is 0. The Balaban J connectivity index is 2.07. The number of fused-ring (bicyclic) bond motifs is 2. The van der Waals surface area contributed by atoms with E-state index in [9.17, 15) is 4.79 Å². The fraction of sp³-hybridized carbons (Fsp3) is 0.615. The molecule has 1 heteroatoms. The summed E-state index contributed by atoms with van der Waals surface area (Å²) in [6.45, 7) is 4.06. The fourth-order valence-corrected chi connectivity index (χ4v) is 3.10. The first-order chi connectivity index (χ1) is 6.74. The summed E-state index contributed by atoms with van der Waals surface area (Å²) in [5.41, 5.74) is 2.56. The third-order valence-corrected chi connectivity index (χ3v) is 3.81. The molecular formula is C13H18O. The molecule has 0 aromatic heterocycles. The number of aldehydes is 1. The number of carbonyl (C=O) groups excluding carboxylic acids is 1. The molecule has 0 aliphatic heterocycles. The lowest BCUT2D eigenvalue weighted by Crippen LogP contribution is -2.10. The Hall–Kier alpha value is -0.850. The van der Waals surface area contributed by atoms with Gasteiger partial charge in [0.25, 0.3) is 0 Å². The third-order valence-electron chi connectivity index (χ3n) is 3.81. The summed E-state index contributed by atoms with van der Waals surface area (Å²) in [4.78, 5) is 10.5. The predicted molar refractivity (Wildman–Crippen MR) is 57.9 cm³/mol. The summed E-state index contributed by atoms with van der Waals surface area (Å²) in [7, 11) is 0. The second-order valence-corrected chi connectivity index (χ2v) is 4.69. The molecule has 1 nitrogen and oxygen atoms in total. The Morgan fingerprint density at radius 1 is 1.43 bits per heavy atom. The molecule has 1 unspecified atom stereocenters. The minimum Gasteiger partial charge on any atom is -0.298 e. The zero-order chi connectivity index (χ0) is 10.1. The zero-order valence-corrected chi connectivity index (χ0v) is 8.99. The molecule has 2 rings (SSSR count). The molecule has 14 heavy (non-hydrogen) atoms. The van der Waals surface area contributed by atoms with E-state index in [-0.39, 0.29) is 0 Å². The lowest BCUT2D eigenvalue weighted by atomic mass is 9.85. The van der Waals surface area contributed by atoms with Crippen molar-refractivity contribution in [3.05, 3.63) is 23.3 Å². The van der Waals surface area contributed by atoms with Gasteiger partial charge >= 0.3 is 0 Å². The van der Waals surface area contributed by atoms with Gasteiger partial charge in [-0.1, -0.05) is 17.7 Å². The van der Waals surface area contributed by atoms with Gasteiger partial charge in [-0.15, -0.1) is 0 Å². The van der Waals surface area contributed by atoms with E-state index in [2.05, 4.69) is 19.1 Å². The van der Waals surface area contributed by atoms with Crippen LogP contribution in [0.1, 0.15) is 33.1 Å². The van der Waals surface area contributed by atoms with Gasteiger partial charge < -0.3 is 0 Å². The van der Waals surface area contributed by atoms with E-state index in [1.54, 1.807) is 5.57 Å². The summed E-state index contributed by atoms with van der Waals surface area (Å²) in [5, 5.41) is 0. The van der Waals surface area contributed by atoms with Gasteiger partial charge in [0, 0.05) is 0 Å². The van der Waals surface area contributed by atoms with Crippen molar-refractivity contribution >= 4 is 6.29 Å². The van der Waals surface area contributed by atoms with Crippen LogP contribution in [0.3, 0.4) is 0 Å². The lowest BCUT2D eigenvalue weighted by molar-refractivity contribution is -0.104. The fourth-order valence-electron chi connectivity index (χ4n) is 3.10. The van der Waals surface area contributed by atoms with Gasteiger partial charge in [-0.05, 0) is 56.4 Å². The number of rotatable bonds is 2. The van der Waals surface area contributed by atoms with Crippen LogP contribution in [0, 0.1) is 17.8 Å². The van der Waals surface area contributed by atoms with Crippen LogP contribution in [0.25, 0.3) is 0 Å². The molecule has 2 saturated carbocycles. The van der Waals surface area contributed by atoms with E-state index in [1.165, 1.54) is 19.3 Å². The first kappa shape index (κ1) is 9.70. The van der Waals surface area contributed by atoms with Crippen LogP contribution in [0.2, 0.25) is 0 Å². The first-order valence-electron chi connectivity index (χ1n) is 5.53. The van der Waals surface area contributed by atoms with E-state index >= 15 is 0 Å². The van der Waals surface area contributed by atoms with Crippen LogP contribution in [-0.2, 0) is 4.79 Å². The van der Waals surface area contributed by atoms with E-state index in [0.29, 0.717) is 5.92 Å². The van der Waals surface area contributed by atoms with Gasteiger partial charge in [0.15, 0.2) is 0 Å². The third kappa shape index (κ3) is 1.56. The molecule has 0 aromatic rings. The van der Waals surface area contributed by atoms with Crippen LogP contribution >= 0.6 is 0 Å². The largest absolute Gasteiger partial charge is 0.298 e. The predicted octanol–water partition coefficient (Wildman–Crippen LogP) is 3.12. The van der Waals surface area contributed by atoms with Crippen molar-refractivity contribution in [2.75, 3.05) is 0 Å². The topological polar surface area (TPSA) is 17.1 Å². The highest BCUT2D eigenvalue weighted by molar-refractivity contribution is 5.72. The van der Waals surface area contributed by atoms with E-state index in [1.807, 2.05) is 6.92 Å². The van der Waals surface area contributed by atoms with Crippen LogP contribution in [0.15, 0.2) is 23.3 Å². The smallest absolute Gasteiger partial charge is 0.145 e. The molecule has 0 heterocycles. The number of allylic oxidation sites excluding steroid dienone is 4. The molecule has 2 fully saturated rings. The second kappa shape index (κ2) is 3.72. The van der Waals surface area contributed by atoms with E-state index < -0.39 is 0 Å².